The second-order valence-electron chi connectivity index (χ2n) is 9.26. The number of nitrogens with two attached hydrogens (primary N) is 2. The molecule has 3 atom stereocenters. The van der Waals surface area contributed by atoms with E-state index in [4.69, 9.17) is 16.2 Å². The SMILES string of the molecule is C[C@H](Oc1cc(N)nc(C(N)=C2CCC[C@@]3(CCCCC3=O)C2=O)n1)[C@@H]1CCCN1C. The van der Waals surface area contributed by atoms with Crippen molar-refractivity contribution < 1.29 is 14.3 Å². The highest BCUT2D eigenvalue weighted by Crippen LogP contribution is 2.45. The molecule has 4 rings (SSSR count). The zero-order valence-electron chi connectivity index (χ0n) is 18.5. The fourth-order valence-electron chi connectivity index (χ4n) is 5.49. The lowest BCUT2D eigenvalue weighted by molar-refractivity contribution is -0.143. The monoisotopic (exact) mass is 427 g/mol. The number of hydrogen-bond acceptors (Lipinski definition) is 8. The summed E-state index contributed by atoms with van der Waals surface area (Å²) >= 11 is 0. The van der Waals surface area contributed by atoms with Crippen LogP contribution >= 0.6 is 0 Å². The summed E-state index contributed by atoms with van der Waals surface area (Å²) < 4.78 is 6.09. The van der Waals surface area contributed by atoms with E-state index in [1.165, 1.54) is 0 Å². The van der Waals surface area contributed by atoms with Crippen molar-refractivity contribution >= 4 is 23.1 Å². The molecule has 1 spiro atoms. The summed E-state index contributed by atoms with van der Waals surface area (Å²) in [5, 5.41) is 0. The molecular weight excluding hydrogens is 394 g/mol. The standard InChI is InChI=1S/C23H33N5O3/c1-14(16-8-6-12-28(16)2)31-19-13-18(24)26-22(27-19)20(25)15-7-5-11-23(21(15)30)10-4-3-9-17(23)29/h13-14,16H,3-12,25H2,1-2H3,(H2,24,26,27)/t14-,16-,23+/m0/s1. The van der Waals surface area contributed by atoms with Crippen molar-refractivity contribution in [3.05, 3.63) is 17.5 Å². The van der Waals surface area contributed by atoms with Crippen molar-refractivity contribution in [2.24, 2.45) is 11.1 Å². The van der Waals surface area contributed by atoms with E-state index in [0.29, 0.717) is 43.2 Å². The van der Waals surface area contributed by atoms with Gasteiger partial charge >= 0.3 is 0 Å². The van der Waals surface area contributed by atoms with Crippen LogP contribution in [-0.2, 0) is 9.59 Å². The van der Waals surface area contributed by atoms with Gasteiger partial charge in [0.1, 0.15) is 17.7 Å². The zero-order chi connectivity index (χ0) is 22.2. The lowest BCUT2D eigenvalue weighted by Gasteiger charge is -2.38. The van der Waals surface area contributed by atoms with Gasteiger partial charge in [0.05, 0.1) is 11.1 Å². The topological polar surface area (TPSA) is 124 Å². The predicted molar refractivity (Wildman–Crippen MR) is 118 cm³/mol. The highest BCUT2D eigenvalue weighted by Gasteiger charge is 2.49. The second-order valence-corrected chi connectivity index (χ2v) is 9.26. The molecule has 8 heteroatoms. The van der Waals surface area contributed by atoms with Crippen molar-refractivity contribution in [1.82, 2.24) is 14.9 Å². The van der Waals surface area contributed by atoms with E-state index < -0.39 is 5.41 Å². The first kappa shape index (κ1) is 21.7. The fraction of sp³-hybridized carbons (Fsp3) is 0.652. The van der Waals surface area contributed by atoms with Crippen molar-refractivity contribution in [3.8, 4) is 5.88 Å². The Morgan fingerprint density at radius 3 is 2.68 bits per heavy atom. The summed E-state index contributed by atoms with van der Waals surface area (Å²) in [7, 11) is 2.09. The minimum Gasteiger partial charge on any atom is -0.473 e. The van der Waals surface area contributed by atoms with Crippen molar-refractivity contribution in [2.75, 3.05) is 19.3 Å². The molecule has 0 unspecified atom stereocenters. The first-order valence-electron chi connectivity index (χ1n) is 11.4. The number of carbonyl (C=O) groups is 2. The van der Waals surface area contributed by atoms with Crippen molar-refractivity contribution in [3.63, 3.8) is 0 Å². The van der Waals surface area contributed by atoms with Crippen molar-refractivity contribution in [2.45, 2.75) is 76.9 Å². The molecule has 3 fully saturated rings. The Kier molecular flexibility index (Phi) is 6.01. The van der Waals surface area contributed by atoms with Gasteiger partial charge in [-0.3, -0.25) is 14.5 Å². The Labute approximate surface area is 183 Å². The van der Waals surface area contributed by atoms with Gasteiger partial charge < -0.3 is 16.2 Å². The Bertz CT molecular complexity index is 910. The molecule has 1 aliphatic heterocycles. The fourth-order valence-corrected chi connectivity index (χ4v) is 5.49. The second kappa shape index (κ2) is 8.57. The molecule has 2 aliphatic carbocycles. The maximum Gasteiger partial charge on any atom is 0.219 e. The van der Waals surface area contributed by atoms with Crippen LogP contribution < -0.4 is 16.2 Å². The molecule has 1 saturated heterocycles. The number of carbonyl (C=O) groups excluding carboxylic acids is 2. The summed E-state index contributed by atoms with van der Waals surface area (Å²) in [4.78, 5) is 37.1. The molecule has 0 aromatic carbocycles. The molecule has 1 aromatic rings. The van der Waals surface area contributed by atoms with E-state index in [0.717, 1.165) is 38.6 Å². The number of aromatic nitrogens is 2. The van der Waals surface area contributed by atoms with Crippen LogP contribution in [0.5, 0.6) is 5.88 Å². The van der Waals surface area contributed by atoms with Crippen LogP contribution in [0, 0.1) is 5.41 Å². The first-order chi connectivity index (χ1) is 14.8. The number of allylic oxidation sites excluding steroid dienone is 1. The third kappa shape index (κ3) is 4.05. The van der Waals surface area contributed by atoms with Crippen LogP contribution in [0.3, 0.4) is 0 Å². The van der Waals surface area contributed by atoms with E-state index in [9.17, 15) is 9.59 Å². The summed E-state index contributed by atoms with van der Waals surface area (Å²) in [6.45, 7) is 3.08. The van der Waals surface area contributed by atoms with Crippen LogP contribution in [0.4, 0.5) is 5.82 Å². The Balaban J connectivity index is 1.62. The molecule has 2 saturated carbocycles. The quantitative estimate of drug-likeness (QED) is 0.555. The molecule has 168 valence electrons. The van der Waals surface area contributed by atoms with Crippen molar-refractivity contribution in [1.29, 1.82) is 0 Å². The Morgan fingerprint density at radius 1 is 1.19 bits per heavy atom. The molecule has 0 bridgehead atoms. The van der Waals surface area contributed by atoms with Gasteiger partial charge in [0.15, 0.2) is 11.6 Å². The van der Waals surface area contributed by atoms with Gasteiger partial charge in [-0.2, -0.15) is 4.98 Å². The number of ether oxygens (including phenoxy) is 1. The normalized spacial score (nSPS) is 29.9. The number of nitrogens with zero attached hydrogens (tertiary/aromatic N) is 3. The average molecular weight is 428 g/mol. The molecule has 4 N–H and O–H groups in total. The molecule has 8 nitrogen and oxygen atoms in total. The highest BCUT2D eigenvalue weighted by molar-refractivity contribution is 6.17. The van der Waals surface area contributed by atoms with Gasteiger partial charge in [-0.15, -0.1) is 0 Å². The van der Waals surface area contributed by atoms with Gasteiger partial charge in [0.25, 0.3) is 0 Å². The number of nitrogen functional groups attached to an aromatic ring is 1. The number of Topliss-reactive ketones (excluding diaryl/α,β-unsaturated/α-hetero) is 2. The van der Waals surface area contributed by atoms with Gasteiger partial charge in [-0.05, 0) is 65.5 Å². The molecule has 2 heterocycles. The van der Waals surface area contributed by atoms with E-state index in [1.807, 2.05) is 6.92 Å². The number of likely N-dealkylation sites (tertiary alicyclic amines) is 1. The smallest absolute Gasteiger partial charge is 0.219 e. The number of anilines is 1. The maximum absolute atomic E-state index is 13.4. The van der Waals surface area contributed by atoms with E-state index >= 15 is 0 Å². The molecule has 0 amide bonds. The van der Waals surface area contributed by atoms with Gasteiger partial charge in [0, 0.05) is 24.1 Å². The van der Waals surface area contributed by atoms with Gasteiger partial charge in [0.2, 0.25) is 5.88 Å². The Hall–Kier alpha value is -2.48. The summed E-state index contributed by atoms with van der Waals surface area (Å²) in [6.07, 6.45) is 6.87. The largest absolute Gasteiger partial charge is 0.473 e. The predicted octanol–water partition coefficient (Wildman–Crippen LogP) is 2.47. The average Bonchev–Trinajstić information content (AvgIpc) is 3.17. The first-order valence-corrected chi connectivity index (χ1v) is 11.4. The number of hydrogen-bond donors (Lipinski definition) is 2. The third-order valence-electron chi connectivity index (χ3n) is 7.24. The minimum absolute atomic E-state index is 0.0563. The summed E-state index contributed by atoms with van der Waals surface area (Å²) in [5.74, 6) is 0.703. The molecule has 3 aliphatic rings. The summed E-state index contributed by atoms with van der Waals surface area (Å²) in [6, 6.07) is 1.90. The number of ketones is 2. The van der Waals surface area contributed by atoms with Crippen LogP contribution in [0.15, 0.2) is 11.6 Å². The molecule has 0 radical (unpaired) electrons. The van der Waals surface area contributed by atoms with E-state index in [2.05, 4.69) is 21.9 Å². The minimum atomic E-state index is -0.905. The highest BCUT2D eigenvalue weighted by atomic mass is 16.5. The van der Waals surface area contributed by atoms with Crippen LogP contribution in [0.1, 0.15) is 70.5 Å². The lowest BCUT2D eigenvalue weighted by Crippen LogP contribution is -2.45. The third-order valence-corrected chi connectivity index (χ3v) is 7.24. The van der Waals surface area contributed by atoms with E-state index in [1.54, 1.807) is 6.07 Å². The van der Waals surface area contributed by atoms with Crippen LogP contribution in [0.2, 0.25) is 0 Å². The molecule has 1 aromatic heterocycles. The zero-order valence-corrected chi connectivity index (χ0v) is 18.5. The van der Waals surface area contributed by atoms with E-state index in [-0.39, 0.29) is 35.0 Å². The van der Waals surface area contributed by atoms with Crippen LogP contribution in [0.25, 0.3) is 5.70 Å². The maximum atomic E-state index is 13.4. The number of likely N-dealkylation sites (N-methyl/N-ethyl adjacent to an activating group) is 1. The molecule has 31 heavy (non-hydrogen) atoms. The lowest BCUT2D eigenvalue weighted by atomic mass is 9.62. The number of rotatable bonds is 4. The molecular formula is C23H33N5O3. The van der Waals surface area contributed by atoms with Gasteiger partial charge in [-0.1, -0.05) is 6.42 Å². The Morgan fingerprint density at radius 2 is 1.97 bits per heavy atom. The van der Waals surface area contributed by atoms with Crippen LogP contribution in [-0.4, -0.2) is 52.2 Å². The van der Waals surface area contributed by atoms with Gasteiger partial charge in [-0.25, -0.2) is 4.98 Å². The summed E-state index contributed by atoms with van der Waals surface area (Å²) in [5.41, 5.74) is 12.2.